The minimum Gasteiger partial charge on any atom is -0.318 e. The van der Waals surface area contributed by atoms with Gasteiger partial charge >= 0.3 is 12.6 Å². The van der Waals surface area contributed by atoms with Crippen molar-refractivity contribution < 1.29 is 23.2 Å². The van der Waals surface area contributed by atoms with Crippen molar-refractivity contribution in [1.29, 1.82) is 0 Å². The van der Waals surface area contributed by atoms with Gasteiger partial charge in [-0.1, -0.05) is 30.3 Å². The third kappa shape index (κ3) is 2.82. The first-order valence-electron chi connectivity index (χ1n) is 7.19. The first kappa shape index (κ1) is 16.6. The number of nitrogens with zero attached hydrogens (tertiary/aromatic N) is 3. The lowest BCUT2D eigenvalue weighted by atomic mass is 9.92. The highest BCUT2D eigenvalue weighted by Crippen LogP contribution is 2.27. The molecule has 130 valence electrons. The Bertz CT molecular complexity index is 839. The van der Waals surface area contributed by atoms with Crippen molar-refractivity contribution in [2.75, 3.05) is 0 Å². The number of hydrogen-bond donors (Lipinski definition) is 2. The number of hydrazine groups is 1. The van der Waals surface area contributed by atoms with Gasteiger partial charge < -0.3 is 5.32 Å². The number of nitrogens with one attached hydrogen (secondary N) is 2. The summed E-state index contributed by atoms with van der Waals surface area (Å²) in [4.78, 5) is 36.8. The van der Waals surface area contributed by atoms with E-state index < -0.39 is 29.9 Å². The molecule has 1 saturated heterocycles. The molecule has 1 aromatic carbocycles. The maximum absolute atomic E-state index is 12.6. The van der Waals surface area contributed by atoms with E-state index in [4.69, 9.17) is 0 Å². The molecule has 2 heterocycles. The molecule has 4 amide bonds. The van der Waals surface area contributed by atoms with Gasteiger partial charge in [0.1, 0.15) is 5.54 Å². The first-order chi connectivity index (χ1) is 11.8. The number of urea groups is 1. The van der Waals surface area contributed by atoms with Gasteiger partial charge in [0, 0.05) is 6.20 Å². The summed E-state index contributed by atoms with van der Waals surface area (Å²) in [7, 11) is 0. The molecule has 1 aromatic heterocycles. The second-order valence-electron chi connectivity index (χ2n) is 5.46. The Labute approximate surface area is 140 Å². The number of aromatic nitrogens is 2. The maximum atomic E-state index is 12.6. The van der Waals surface area contributed by atoms with E-state index in [1.165, 1.54) is 6.92 Å². The standard InChI is InChI=1S/C15H13F2N5O3/c1-15(9-5-3-2-4-6-9)12(24)22(14(25)18-15)20-11(23)10-7-8-21(19-10)13(16)17/h2-8,13H,1H3,(H,18,25)(H,20,23). The number of carbonyl (C=O) groups is 3. The van der Waals surface area contributed by atoms with Gasteiger partial charge in [0.05, 0.1) is 0 Å². The van der Waals surface area contributed by atoms with Crippen LogP contribution in [0, 0.1) is 0 Å². The molecule has 0 bridgehead atoms. The molecule has 1 fully saturated rings. The lowest BCUT2D eigenvalue weighted by Gasteiger charge is -2.21. The van der Waals surface area contributed by atoms with Crippen molar-refractivity contribution in [2.45, 2.75) is 19.0 Å². The van der Waals surface area contributed by atoms with Crippen LogP contribution in [-0.4, -0.2) is 32.6 Å². The zero-order valence-electron chi connectivity index (χ0n) is 12.9. The minimum absolute atomic E-state index is 0.287. The van der Waals surface area contributed by atoms with Gasteiger partial charge in [-0.2, -0.15) is 18.9 Å². The number of imide groups is 1. The van der Waals surface area contributed by atoms with E-state index in [2.05, 4.69) is 15.8 Å². The summed E-state index contributed by atoms with van der Waals surface area (Å²) in [6, 6.07) is 8.71. The number of halogens is 2. The number of amides is 4. The third-order valence-corrected chi connectivity index (χ3v) is 3.80. The molecule has 10 heteroatoms. The van der Waals surface area contributed by atoms with Crippen molar-refractivity contribution in [1.82, 2.24) is 25.5 Å². The molecule has 1 aliphatic heterocycles. The molecule has 25 heavy (non-hydrogen) atoms. The Morgan fingerprint density at radius 2 is 1.92 bits per heavy atom. The molecule has 2 N–H and O–H groups in total. The van der Waals surface area contributed by atoms with Crippen molar-refractivity contribution >= 4 is 17.8 Å². The Hall–Kier alpha value is -3.30. The van der Waals surface area contributed by atoms with Crippen LogP contribution in [0.4, 0.5) is 13.6 Å². The fourth-order valence-electron chi connectivity index (χ4n) is 2.43. The van der Waals surface area contributed by atoms with E-state index in [0.717, 1.165) is 12.3 Å². The SMILES string of the molecule is CC1(c2ccccc2)NC(=O)N(NC(=O)c2ccn(C(F)F)n2)C1=O. The van der Waals surface area contributed by atoms with Gasteiger partial charge in [-0.25, -0.2) is 9.48 Å². The number of hydrogen-bond acceptors (Lipinski definition) is 4. The van der Waals surface area contributed by atoms with Crippen LogP contribution >= 0.6 is 0 Å². The monoisotopic (exact) mass is 349 g/mol. The van der Waals surface area contributed by atoms with Crippen molar-refractivity contribution in [2.24, 2.45) is 0 Å². The van der Waals surface area contributed by atoms with E-state index in [9.17, 15) is 23.2 Å². The van der Waals surface area contributed by atoms with Crippen molar-refractivity contribution in [3.63, 3.8) is 0 Å². The molecule has 2 aromatic rings. The van der Waals surface area contributed by atoms with Crippen molar-refractivity contribution in [3.05, 3.63) is 53.9 Å². The molecule has 0 saturated carbocycles. The lowest BCUT2D eigenvalue weighted by Crippen LogP contribution is -2.48. The van der Waals surface area contributed by atoms with Gasteiger partial charge in [-0.15, -0.1) is 0 Å². The summed E-state index contributed by atoms with van der Waals surface area (Å²) in [6.45, 7) is -1.40. The van der Waals surface area contributed by atoms with Crippen LogP contribution in [0.1, 0.15) is 29.5 Å². The summed E-state index contributed by atoms with van der Waals surface area (Å²) in [5, 5.41) is 6.40. The third-order valence-electron chi connectivity index (χ3n) is 3.80. The molecular formula is C15H13F2N5O3. The van der Waals surface area contributed by atoms with Crippen LogP contribution in [0.2, 0.25) is 0 Å². The number of alkyl halides is 2. The molecular weight excluding hydrogens is 336 g/mol. The van der Waals surface area contributed by atoms with E-state index in [0.29, 0.717) is 10.6 Å². The lowest BCUT2D eigenvalue weighted by molar-refractivity contribution is -0.132. The Balaban J connectivity index is 1.80. The second-order valence-corrected chi connectivity index (χ2v) is 5.46. The van der Waals surface area contributed by atoms with Gasteiger partial charge in [0.15, 0.2) is 5.69 Å². The molecule has 1 aliphatic rings. The number of rotatable bonds is 4. The van der Waals surface area contributed by atoms with Crippen LogP contribution in [0.5, 0.6) is 0 Å². The highest BCUT2D eigenvalue weighted by Gasteiger charge is 2.50. The van der Waals surface area contributed by atoms with Crippen LogP contribution in [-0.2, 0) is 10.3 Å². The predicted octanol–water partition coefficient (Wildman–Crippen LogP) is 1.39. The minimum atomic E-state index is -2.90. The summed E-state index contributed by atoms with van der Waals surface area (Å²) >= 11 is 0. The van der Waals surface area contributed by atoms with Crippen LogP contribution in [0.15, 0.2) is 42.6 Å². The smallest absolute Gasteiger partial charge is 0.318 e. The average molecular weight is 349 g/mol. The van der Waals surface area contributed by atoms with E-state index >= 15 is 0 Å². The highest BCUT2D eigenvalue weighted by molar-refractivity contribution is 6.09. The van der Waals surface area contributed by atoms with Crippen molar-refractivity contribution in [3.8, 4) is 0 Å². The quantitative estimate of drug-likeness (QED) is 0.816. The zero-order chi connectivity index (χ0) is 18.2. The molecule has 8 nitrogen and oxygen atoms in total. The molecule has 0 aliphatic carbocycles. The summed E-state index contributed by atoms with van der Waals surface area (Å²) in [6.07, 6.45) is 0.916. The van der Waals surface area contributed by atoms with E-state index in [1.807, 2.05) is 0 Å². The topological polar surface area (TPSA) is 96.3 Å². The van der Waals surface area contributed by atoms with Gasteiger partial charge in [-0.05, 0) is 18.6 Å². The highest BCUT2D eigenvalue weighted by atomic mass is 19.3. The maximum Gasteiger partial charge on any atom is 0.344 e. The Kier molecular flexibility index (Phi) is 3.95. The molecule has 1 atom stereocenters. The molecule has 1 unspecified atom stereocenters. The van der Waals surface area contributed by atoms with Crippen LogP contribution in [0.3, 0.4) is 0 Å². The predicted molar refractivity (Wildman–Crippen MR) is 80.1 cm³/mol. The number of benzene rings is 1. The second kappa shape index (κ2) is 5.96. The fraction of sp³-hybridized carbons (Fsp3) is 0.200. The molecule has 0 spiro atoms. The largest absolute Gasteiger partial charge is 0.344 e. The summed E-state index contributed by atoms with van der Waals surface area (Å²) in [5.74, 6) is -1.66. The number of carbonyl (C=O) groups excluding carboxylic acids is 3. The van der Waals surface area contributed by atoms with E-state index in [-0.39, 0.29) is 10.4 Å². The summed E-state index contributed by atoms with van der Waals surface area (Å²) < 4.78 is 25.3. The van der Waals surface area contributed by atoms with Gasteiger partial charge in [-0.3, -0.25) is 15.0 Å². The fourth-order valence-corrected chi connectivity index (χ4v) is 2.43. The first-order valence-corrected chi connectivity index (χ1v) is 7.19. The zero-order valence-corrected chi connectivity index (χ0v) is 12.9. The van der Waals surface area contributed by atoms with Gasteiger partial charge in [0.2, 0.25) is 0 Å². The Morgan fingerprint density at radius 1 is 1.24 bits per heavy atom. The van der Waals surface area contributed by atoms with E-state index in [1.54, 1.807) is 30.3 Å². The summed E-state index contributed by atoms with van der Waals surface area (Å²) in [5.41, 5.74) is 0.913. The van der Waals surface area contributed by atoms with Gasteiger partial charge in [0.25, 0.3) is 11.8 Å². The molecule has 3 rings (SSSR count). The van der Waals surface area contributed by atoms with Crippen LogP contribution < -0.4 is 10.7 Å². The van der Waals surface area contributed by atoms with Crippen LogP contribution in [0.25, 0.3) is 0 Å². The molecule has 0 radical (unpaired) electrons. The average Bonchev–Trinajstić information content (AvgIpc) is 3.16. The normalized spacial score (nSPS) is 20.1. The Morgan fingerprint density at radius 3 is 2.52 bits per heavy atom.